The Hall–Kier alpha value is -2.51. The summed E-state index contributed by atoms with van der Waals surface area (Å²) < 4.78 is 0. The van der Waals surface area contributed by atoms with Crippen LogP contribution in [0.5, 0.6) is 0 Å². The topological polar surface area (TPSA) is 99.4 Å². The molecule has 0 atom stereocenters. The van der Waals surface area contributed by atoms with Crippen LogP contribution in [-0.2, 0) is 0 Å². The van der Waals surface area contributed by atoms with Crippen molar-refractivity contribution in [2.75, 3.05) is 31.1 Å². The van der Waals surface area contributed by atoms with Gasteiger partial charge in [-0.05, 0) is 63.0 Å². The Morgan fingerprint density at radius 3 is 2.74 bits per heavy atom. The third kappa shape index (κ3) is 4.26. The number of aryl methyl sites for hydroxylation is 2. The second-order valence-corrected chi connectivity index (χ2v) is 6.97. The first-order valence-electron chi connectivity index (χ1n) is 9.49. The van der Waals surface area contributed by atoms with Gasteiger partial charge in [0, 0.05) is 13.1 Å². The molecular weight excluding hydrogens is 340 g/mol. The molecule has 1 aliphatic rings. The minimum atomic E-state index is -0.256. The lowest BCUT2D eigenvalue weighted by Crippen LogP contribution is -2.44. The maximum absolute atomic E-state index is 12.4. The summed E-state index contributed by atoms with van der Waals surface area (Å²) in [6.45, 7) is 11.1. The molecule has 0 amide bonds. The largest absolute Gasteiger partial charge is 0.330 e. The van der Waals surface area contributed by atoms with E-state index in [0.717, 1.165) is 55.8 Å². The summed E-state index contributed by atoms with van der Waals surface area (Å²) in [6.07, 6.45) is 3.31. The second-order valence-electron chi connectivity index (χ2n) is 6.97. The highest BCUT2D eigenvalue weighted by Gasteiger charge is 2.23. The zero-order valence-corrected chi connectivity index (χ0v) is 16.1. The van der Waals surface area contributed by atoms with Crippen molar-refractivity contribution in [1.82, 2.24) is 15.3 Å². The van der Waals surface area contributed by atoms with E-state index in [9.17, 15) is 4.79 Å². The number of hydrogen-bond donors (Lipinski definition) is 3. The lowest BCUT2D eigenvalue weighted by atomic mass is 10.1. The van der Waals surface area contributed by atoms with Crippen LogP contribution in [0.15, 0.2) is 21.9 Å². The van der Waals surface area contributed by atoms with Gasteiger partial charge in [-0.25, -0.2) is 9.98 Å². The number of aromatic nitrogens is 2. The number of nitrogens with two attached hydrogens (primary N) is 1. The van der Waals surface area contributed by atoms with Crippen molar-refractivity contribution in [3.63, 3.8) is 0 Å². The average Bonchev–Trinajstić information content (AvgIpc) is 2.62. The number of nitrogens with one attached hydrogen (secondary N) is 2. The lowest BCUT2D eigenvalue weighted by molar-refractivity contribution is 0.607. The van der Waals surface area contributed by atoms with E-state index in [1.165, 1.54) is 5.56 Å². The normalized spacial score (nSPS) is 12.5. The highest BCUT2D eigenvalue weighted by atomic mass is 16.1. The van der Waals surface area contributed by atoms with Gasteiger partial charge in [-0.15, -0.1) is 0 Å². The predicted molar refractivity (Wildman–Crippen MR) is 110 cm³/mol. The van der Waals surface area contributed by atoms with Crippen LogP contribution in [0.2, 0.25) is 0 Å². The number of H-pyrrole nitrogens is 1. The fourth-order valence-electron chi connectivity index (χ4n) is 3.23. The van der Waals surface area contributed by atoms with E-state index in [1.807, 2.05) is 6.07 Å². The van der Waals surface area contributed by atoms with Gasteiger partial charge in [0.2, 0.25) is 0 Å². The predicted octanol–water partition coefficient (Wildman–Crippen LogP) is 0.918. The van der Waals surface area contributed by atoms with Crippen LogP contribution in [0.1, 0.15) is 30.4 Å². The number of benzene rings is 1. The van der Waals surface area contributed by atoms with Gasteiger partial charge in [-0.1, -0.05) is 13.0 Å². The van der Waals surface area contributed by atoms with Gasteiger partial charge < -0.3 is 20.9 Å². The van der Waals surface area contributed by atoms with Crippen LogP contribution < -0.4 is 32.3 Å². The Morgan fingerprint density at radius 2 is 1.96 bits per heavy atom. The molecule has 7 heteroatoms. The van der Waals surface area contributed by atoms with Gasteiger partial charge in [0.05, 0.1) is 11.4 Å². The molecule has 0 saturated carbocycles. The van der Waals surface area contributed by atoms with Crippen molar-refractivity contribution in [2.45, 2.75) is 33.1 Å². The van der Waals surface area contributed by atoms with Gasteiger partial charge in [0.1, 0.15) is 5.48 Å². The van der Waals surface area contributed by atoms with E-state index >= 15 is 0 Å². The van der Waals surface area contributed by atoms with Gasteiger partial charge in [0.25, 0.3) is 5.56 Å². The monoisotopic (exact) mass is 368 g/mol. The molecule has 1 aromatic carbocycles. The molecule has 0 unspecified atom stereocenters. The highest BCUT2D eigenvalue weighted by Crippen LogP contribution is 2.36. The Kier molecular flexibility index (Phi) is 6.03. The average molecular weight is 368 g/mol. The van der Waals surface area contributed by atoms with E-state index < -0.39 is 0 Å². The van der Waals surface area contributed by atoms with Crippen LogP contribution in [0.3, 0.4) is 0 Å². The summed E-state index contributed by atoms with van der Waals surface area (Å²) in [4.78, 5) is 26.1. The summed E-state index contributed by atoms with van der Waals surface area (Å²) in [7, 11) is 0. The number of fused-ring (bicyclic) bond motifs is 2. The van der Waals surface area contributed by atoms with Gasteiger partial charge in [0.15, 0.2) is 11.2 Å². The maximum Gasteiger partial charge on any atom is 0.279 e. The first kappa shape index (κ1) is 19.3. The van der Waals surface area contributed by atoms with Crippen LogP contribution >= 0.6 is 0 Å². The van der Waals surface area contributed by atoms with E-state index in [1.54, 1.807) is 0 Å². The number of unbranched alkanes of at least 4 members (excludes halogenated alkanes) is 2. The molecular formula is C20H28N6O. The molecule has 4 N–H and O–H groups in total. The van der Waals surface area contributed by atoms with E-state index in [4.69, 9.17) is 5.73 Å². The second kappa shape index (κ2) is 8.45. The standard InChI is InChI=1S/C20H28N6O/c1-13-11-16-17(12-14(13)2)26(10-9-22-8-6-4-5-7-21)19-18(25-16)20(27)24-15(3)23-19/h11-12,22H,3-10,21H2,1-2H3,(H,24,27). The van der Waals surface area contributed by atoms with Crippen molar-refractivity contribution >= 4 is 23.8 Å². The van der Waals surface area contributed by atoms with Crippen LogP contribution in [0.25, 0.3) is 6.58 Å². The van der Waals surface area contributed by atoms with Crippen LogP contribution in [-0.4, -0.2) is 36.1 Å². The van der Waals surface area contributed by atoms with Crippen LogP contribution in [0, 0.1) is 13.8 Å². The minimum absolute atomic E-state index is 0.256. The maximum atomic E-state index is 12.4. The summed E-state index contributed by atoms with van der Waals surface area (Å²) in [5, 5.41) is 3.81. The smallest absolute Gasteiger partial charge is 0.279 e. The molecule has 1 aromatic heterocycles. The van der Waals surface area contributed by atoms with Gasteiger partial charge in [-0.3, -0.25) is 4.79 Å². The highest BCUT2D eigenvalue weighted by molar-refractivity contribution is 5.77. The van der Waals surface area contributed by atoms with Gasteiger partial charge in [-0.2, -0.15) is 0 Å². The fourth-order valence-corrected chi connectivity index (χ4v) is 3.23. The Balaban J connectivity index is 1.87. The molecule has 0 radical (unpaired) electrons. The zero-order chi connectivity index (χ0) is 19.4. The van der Waals surface area contributed by atoms with E-state index in [2.05, 4.69) is 51.7 Å². The molecule has 7 nitrogen and oxygen atoms in total. The Bertz CT molecular complexity index is 981. The summed E-state index contributed by atoms with van der Waals surface area (Å²) in [5.41, 5.74) is 9.74. The Morgan fingerprint density at radius 1 is 1.19 bits per heavy atom. The number of hydrogen-bond acceptors (Lipinski definition) is 6. The third-order valence-electron chi connectivity index (χ3n) is 4.87. The first-order valence-corrected chi connectivity index (χ1v) is 9.49. The van der Waals surface area contributed by atoms with Crippen molar-refractivity contribution in [3.05, 3.63) is 44.5 Å². The molecule has 0 saturated heterocycles. The number of anilines is 2. The molecule has 0 fully saturated rings. The molecule has 3 rings (SSSR count). The molecule has 1 aliphatic heterocycles. The van der Waals surface area contributed by atoms with Crippen molar-refractivity contribution < 1.29 is 0 Å². The number of rotatable bonds is 8. The molecule has 0 bridgehead atoms. The molecule has 144 valence electrons. The third-order valence-corrected chi connectivity index (χ3v) is 4.87. The zero-order valence-electron chi connectivity index (χ0n) is 16.1. The lowest BCUT2D eigenvalue weighted by Gasteiger charge is -2.28. The fraction of sp³-hybridized carbons (Fsp3) is 0.450. The molecule has 0 spiro atoms. The number of aromatic amines is 1. The van der Waals surface area contributed by atoms with Crippen molar-refractivity contribution in [3.8, 4) is 0 Å². The molecule has 27 heavy (non-hydrogen) atoms. The molecule has 2 aromatic rings. The minimum Gasteiger partial charge on any atom is -0.330 e. The first-order chi connectivity index (χ1) is 13.0. The van der Waals surface area contributed by atoms with Crippen molar-refractivity contribution in [1.29, 1.82) is 0 Å². The molecule has 0 aliphatic carbocycles. The number of nitrogens with zero attached hydrogens (tertiary/aromatic N) is 3. The summed E-state index contributed by atoms with van der Waals surface area (Å²) in [5.74, 6) is 0.574. The Labute approximate surface area is 159 Å². The van der Waals surface area contributed by atoms with E-state index in [0.29, 0.717) is 23.2 Å². The summed E-state index contributed by atoms with van der Waals surface area (Å²) >= 11 is 0. The van der Waals surface area contributed by atoms with Crippen molar-refractivity contribution in [2.24, 2.45) is 10.7 Å². The summed E-state index contributed by atoms with van der Waals surface area (Å²) in [6, 6.07) is 4.14. The quantitative estimate of drug-likeness (QED) is 0.602. The van der Waals surface area contributed by atoms with Crippen LogP contribution in [0.4, 0.5) is 17.2 Å². The SMILES string of the molecule is C=c1nc2c(c(=O)[nH]1)=Nc1cc(C)c(C)cc1N2CCNCCCCCN. The van der Waals surface area contributed by atoms with E-state index in [-0.39, 0.29) is 5.56 Å². The molecule has 2 heterocycles. The van der Waals surface area contributed by atoms with Gasteiger partial charge >= 0.3 is 0 Å².